The number of benzene rings is 1. The molecule has 0 atom stereocenters. The standard InChI is InChI=1S/C11H11BrF2O2/c1-16-9-4-2-8(3-5-9)10(15)6-7-11(12,13)14/h2-5H,6-7H2,1H3. The van der Waals surface area contributed by atoms with E-state index in [-0.39, 0.29) is 12.2 Å². The molecule has 0 aromatic heterocycles. The van der Waals surface area contributed by atoms with Crippen LogP contribution >= 0.6 is 15.9 Å². The van der Waals surface area contributed by atoms with Gasteiger partial charge in [0.15, 0.2) is 5.78 Å². The molecule has 1 aromatic carbocycles. The van der Waals surface area contributed by atoms with Crippen LogP contribution in [0.15, 0.2) is 24.3 Å². The Kier molecular flexibility index (Phi) is 4.41. The molecule has 88 valence electrons. The minimum Gasteiger partial charge on any atom is -0.497 e. The third-order valence-corrected chi connectivity index (χ3v) is 2.44. The molecule has 0 amide bonds. The van der Waals surface area contributed by atoms with Crippen molar-refractivity contribution in [2.45, 2.75) is 17.7 Å². The molecule has 16 heavy (non-hydrogen) atoms. The van der Waals surface area contributed by atoms with E-state index in [1.807, 2.05) is 0 Å². The average molecular weight is 293 g/mol. The van der Waals surface area contributed by atoms with Crippen molar-refractivity contribution in [2.75, 3.05) is 7.11 Å². The second-order valence-electron chi connectivity index (χ2n) is 3.27. The number of hydrogen-bond donors (Lipinski definition) is 0. The highest BCUT2D eigenvalue weighted by atomic mass is 79.9. The maximum Gasteiger partial charge on any atom is 0.301 e. The van der Waals surface area contributed by atoms with Gasteiger partial charge in [0.25, 0.3) is 0 Å². The maximum atomic E-state index is 12.5. The van der Waals surface area contributed by atoms with Crippen LogP contribution in [0.4, 0.5) is 8.78 Å². The second kappa shape index (κ2) is 5.39. The van der Waals surface area contributed by atoms with E-state index < -0.39 is 11.3 Å². The lowest BCUT2D eigenvalue weighted by atomic mass is 10.1. The molecule has 0 aliphatic heterocycles. The van der Waals surface area contributed by atoms with Gasteiger partial charge in [0, 0.05) is 18.4 Å². The average Bonchev–Trinajstić information content (AvgIpc) is 2.25. The van der Waals surface area contributed by atoms with Crippen LogP contribution in [0.25, 0.3) is 0 Å². The molecule has 0 bridgehead atoms. The third-order valence-electron chi connectivity index (χ3n) is 2.05. The molecule has 0 radical (unpaired) electrons. The van der Waals surface area contributed by atoms with Crippen LogP contribution in [-0.2, 0) is 0 Å². The minimum atomic E-state index is -2.98. The number of alkyl halides is 3. The van der Waals surface area contributed by atoms with Gasteiger partial charge in [0.05, 0.1) is 7.11 Å². The molecule has 1 rings (SSSR count). The Morgan fingerprint density at radius 2 is 1.94 bits per heavy atom. The fourth-order valence-corrected chi connectivity index (χ4v) is 1.37. The van der Waals surface area contributed by atoms with Gasteiger partial charge in [-0.15, -0.1) is 0 Å². The minimum absolute atomic E-state index is 0.190. The number of hydrogen-bond acceptors (Lipinski definition) is 2. The van der Waals surface area contributed by atoms with Gasteiger partial charge in [-0.2, -0.15) is 8.78 Å². The molecule has 0 fully saturated rings. The summed E-state index contributed by atoms with van der Waals surface area (Å²) in [6, 6.07) is 6.38. The van der Waals surface area contributed by atoms with E-state index in [2.05, 4.69) is 15.9 Å². The van der Waals surface area contributed by atoms with Crippen molar-refractivity contribution in [3.05, 3.63) is 29.8 Å². The molecule has 0 saturated carbocycles. The van der Waals surface area contributed by atoms with Crippen molar-refractivity contribution in [3.63, 3.8) is 0 Å². The van der Waals surface area contributed by atoms with E-state index in [0.29, 0.717) is 11.3 Å². The molecule has 0 unspecified atom stereocenters. The quantitative estimate of drug-likeness (QED) is 0.612. The van der Waals surface area contributed by atoms with Gasteiger partial charge in [-0.25, -0.2) is 0 Å². The number of Topliss-reactive ketones (excluding diaryl/α,β-unsaturated/α-hetero) is 1. The summed E-state index contributed by atoms with van der Waals surface area (Å²) in [7, 11) is 1.52. The summed E-state index contributed by atoms with van der Waals surface area (Å²) in [4.78, 5) is 8.52. The molecule has 0 heterocycles. The van der Waals surface area contributed by atoms with E-state index in [4.69, 9.17) is 4.74 Å². The predicted octanol–water partition coefficient (Wildman–Crippen LogP) is 3.65. The summed E-state index contributed by atoms with van der Waals surface area (Å²) in [6.45, 7) is 0. The molecule has 0 saturated heterocycles. The number of ketones is 1. The molecule has 2 nitrogen and oxygen atoms in total. The first-order valence-electron chi connectivity index (χ1n) is 4.66. The van der Waals surface area contributed by atoms with Gasteiger partial charge in [-0.05, 0) is 40.2 Å². The largest absolute Gasteiger partial charge is 0.497 e. The number of carbonyl (C=O) groups is 1. The van der Waals surface area contributed by atoms with Gasteiger partial charge in [-0.1, -0.05) is 0 Å². The normalized spacial score (nSPS) is 11.2. The molecule has 0 spiro atoms. The Morgan fingerprint density at radius 3 is 2.38 bits per heavy atom. The highest BCUT2D eigenvalue weighted by Crippen LogP contribution is 2.28. The molecule has 0 N–H and O–H groups in total. The van der Waals surface area contributed by atoms with E-state index in [0.717, 1.165) is 0 Å². The Hall–Kier alpha value is -0.970. The highest BCUT2D eigenvalue weighted by molar-refractivity contribution is 9.09. The maximum absolute atomic E-state index is 12.5. The lowest BCUT2D eigenvalue weighted by Gasteiger charge is -2.07. The summed E-state index contributed by atoms with van der Waals surface area (Å²) >= 11 is 2.20. The zero-order valence-electron chi connectivity index (χ0n) is 8.67. The molecule has 0 aliphatic rings. The first-order valence-corrected chi connectivity index (χ1v) is 5.45. The van der Waals surface area contributed by atoms with Gasteiger partial charge in [0.2, 0.25) is 0 Å². The lowest BCUT2D eigenvalue weighted by Crippen LogP contribution is -2.09. The first kappa shape index (κ1) is 13.1. The second-order valence-corrected chi connectivity index (χ2v) is 4.43. The SMILES string of the molecule is COc1ccc(C(=O)CCC(F)(F)Br)cc1. The van der Waals surface area contributed by atoms with Gasteiger partial charge < -0.3 is 4.74 Å². The summed E-state index contributed by atoms with van der Waals surface area (Å²) in [5.41, 5.74) is 0.414. The number of ether oxygens (including phenoxy) is 1. The first-order chi connectivity index (χ1) is 7.42. The van der Waals surface area contributed by atoms with Crippen molar-refractivity contribution in [1.29, 1.82) is 0 Å². The zero-order valence-corrected chi connectivity index (χ0v) is 10.3. The monoisotopic (exact) mass is 292 g/mol. The van der Waals surface area contributed by atoms with E-state index >= 15 is 0 Å². The fraction of sp³-hybridized carbons (Fsp3) is 0.364. The van der Waals surface area contributed by atoms with Gasteiger partial charge in [0.1, 0.15) is 5.75 Å². The molecular weight excluding hydrogens is 282 g/mol. The van der Waals surface area contributed by atoms with Gasteiger partial charge in [-0.3, -0.25) is 4.79 Å². The van der Waals surface area contributed by atoms with Crippen LogP contribution in [0.5, 0.6) is 5.75 Å². The van der Waals surface area contributed by atoms with Crippen LogP contribution in [-0.4, -0.2) is 17.7 Å². The molecule has 1 aromatic rings. The lowest BCUT2D eigenvalue weighted by molar-refractivity contribution is 0.0827. The van der Waals surface area contributed by atoms with Crippen LogP contribution in [0.1, 0.15) is 23.2 Å². The Labute approximate surface area is 101 Å². The Morgan fingerprint density at radius 1 is 1.38 bits per heavy atom. The molecular formula is C11H11BrF2O2. The van der Waals surface area contributed by atoms with Crippen molar-refractivity contribution >= 4 is 21.7 Å². The molecule has 0 aliphatic carbocycles. The number of methoxy groups -OCH3 is 1. The fourth-order valence-electron chi connectivity index (χ4n) is 1.18. The van der Waals surface area contributed by atoms with E-state index in [9.17, 15) is 13.6 Å². The highest BCUT2D eigenvalue weighted by Gasteiger charge is 2.24. The summed E-state index contributed by atoms with van der Waals surface area (Å²) in [5, 5.41) is 0. The number of rotatable bonds is 5. The van der Waals surface area contributed by atoms with E-state index in [1.165, 1.54) is 7.11 Å². The van der Waals surface area contributed by atoms with Crippen LogP contribution in [0.3, 0.4) is 0 Å². The Balaban J connectivity index is 2.59. The zero-order chi connectivity index (χ0) is 12.2. The Bertz CT molecular complexity index is 357. The van der Waals surface area contributed by atoms with Crippen LogP contribution < -0.4 is 4.74 Å². The number of carbonyl (C=O) groups excluding carboxylic acids is 1. The summed E-state index contributed by atoms with van der Waals surface area (Å²) in [6.07, 6.45) is -0.692. The van der Waals surface area contributed by atoms with Crippen LogP contribution in [0, 0.1) is 0 Å². The smallest absolute Gasteiger partial charge is 0.301 e. The summed E-state index contributed by atoms with van der Waals surface area (Å²) < 4.78 is 29.8. The van der Waals surface area contributed by atoms with E-state index in [1.54, 1.807) is 24.3 Å². The third kappa shape index (κ3) is 4.26. The van der Waals surface area contributed by atoms with Crippen molar-refractivity contribution < 1.29 is 18.3 Å². The van der Waals surface area contributed by atoms with Crippen molar-refractivity contribution in [1.82, 2.24) is 0 Å². The molecule has 5 heteroatoms. The van der Waals surface area contributed by atoms with Crippen LogP contribution in [0.2, 0.25) is 0 Å². The van der Waals surface area contributed by atoms with Crippen molar-refractivity contribution in [2.24, 2.45) is 0 Å². The van der Waals surface area contributed by atoms with Crippen molar-refractivity contribution in [3.8, 4) is 5.75 Å². The topological polar surface area (TPSA) is 26.3 Å². The predicted molar refractivity (Wildman–Crippen MR) is 60.4 cm³/mol. The van der Waals surface area contributed by atoms with Gasteiger partial charge >= 0.3 is 4.83 Å². The summed E-state index contributed by atoms with van der Waals surface area (Å²) in [5.74, 6) is 0.323. The number of halogens is 3.